The molecule has 2 aromatic rings. The molecule has 1 aromatic heterocycles. The maximum Gasteiger partial charge on any atom is 0.132 e. The van der Waals surface area contributed by atoms with Gasteiger partial charge in [-0.2, -0.15) is 0 Å². The third-order valence-electron chi connectivity index (χ3n) is 3.64. The second-order valence-corrected chi connectivity index (χ2v) is 5.98. The number of ether oxygens (including phenoxy) is 2. The molecular weight excluding hydrogens is 272 g/mol. The van der Waals surface area contributed by atoms with Gasteiger partial charge in [0.25, 0.3) is 0 Å². The molecule has 4 nitrogen and oxygen atoms in total. The van der Waals surface area contributed by atoms with Crippen LogP contribution >= 0.6 is 11.3 Å². The third kappa shape index (κ3) is 2.27. The second-order valence-electron chi connectivity index (χ2n) is 4.89. The predicted octanol–water partition coefficient (Wildman–Crippen LogP) is 3.16. The summed E-state index contributed by atoms with van der Waals surface area (Å²) in [6.45, 7) is 0. The summed E-state index contributed by atoms with van der Waals surface area (Å²) >= 11 is 1.72. The van der Waals surface area contributed by atoms with E-state index in [1.165, 1.54) is 4.88 Å². The number of nitrogens with two attached hydrogens (primary N) is 1. The molecule has 1 aliphatic rings. The topological polar surface area (TPSA) is 57.4 Å². The van der Waals surface area contributed by atoms with E-state index in [-0.39, 0.29) is 6.04 Å². The largest absolute Gasteiger partial charge is 0.497 e. The van der Waals surface area contributed by atoms with E-state index in [4.69, 9.17) is 20.2 Å². The molecule has 1 atom stereocenters. The first-order valence-corrected chi connectivity index (χ1v) is 7.52. The van der Waals surface area contributed by atoms with Gasteiger partial charge in [0.1, 0.15) is 16.5 Å². The van der Waals surface area contributed by atoms with Crippen LogP contribution in [0.4, 0.5) is 0 Å². The van der Waals surface area contributed by atoms with Gasteiger partial charge in [0.15, 0.2) is 0 Å². The molecule has 1 aliphatic carbocycles. The summed E-state index contributed by atoms with van der Waals surface area (Å²) in [4.78, 5) is 6.06. The fourth-order valence-corrected chi connectivity index (χ4v) is 3.75. The van der Waals surface area contributed by atoms with Crippen LogP contribution in [0.3, 0.4) is 0 Å². The van der Waals surface area contributed by atoms with E-state index in [0.29, 0.717) is 0 Å². The van der Waals surface area contributed by atoms with Crippen molar-refractivity contribution in [3.05, 3.63) is 28.8 Å². The first-order chi connectivity index (χ1) is 9.72. The van der Waals surface area contributed by atoms with Crippen molar-refractivity contribution in [2.75, 3.05) is 14.2 Å². The van der Waals surface area contributed by atoms with E-state index in [1.54, 1.807) is 25.6 Å². The van der Waals surface area contributed by atoms with Crippen LogP contribution in [0, 0.1) is 0 Å². The lowest BCUT2D eigenvalue weighted by Crippen LogP contribution is -2.16. The van der Waals surface area contributed by atoms with Crippen LogP contribution in [0.25, 0.3) is 10.6 Å². The van der Waals surface area contributed by atoms with Crippen LogP contribution in [0.1, 0.15) is 29.5 Å². The highest BCUT2D eigenvalue weighted by atomic mass is 32.1. The van der Waals surface area contributed by atoms with E-state index < -0.39 is 0 Å². The third-order valence-corrected chi connectivity index (χ3v) is 4.80. The summed E-state index contributed by atoms with van der Waals surface area (Å²) in [7, 11) is 3.31. The smallest absolute Gasteiger partial charge is 0.132 e. The van der Waals surface area contributed by atoms with Crippen LogP contribution in [0.2, 0.25) is 0 Å². The van der Waals surface area contributed by atoms with Gasteiger partial charge in [0.05, 0.1) is 25.5 Å². The quantitative estimate of drug-likeness (QED) is 0.943. The molecule has 1 unspecified atom stereocenters. The Morgan fingerprint density at radius 3 is 2.85 bits per heavy atom. The number of rotatable bonds is 3. The lowest BCUT2D eigenvalue weighted by molar-refractivity contribution is 0.395. The number of hydrogen-bond donors (Lipinski definition) is 1. The number of nitrogens with zero attached hydrogens (tertiary/aromatic N) is 1. The van der Waals surface area contributed by atoms with Gasteiger partial charge in [0.2, 0.25) is 0 Å². The highest BCUT2D eigenvalue weighted by Crippen LogP contribution is 2.40. The van der Waals surface area contributed by atoms with E-state index in [9.17, 15) is 0 Å². The van der Waals surface area contributed by atoms with Crippen molar-refractivity contribution >= 4 is 11.3 Å². The first kappa shape index (κ1) is 13.4. The van der Waals surface area contributed by atoms with Gasteiger partial charge in [-0.05, 0) is 31.4 Å². The molecule has 0 aliphatic heterocycles. The Morgan fingerprint density at radius 1 is 1.30 bits per heavy atom. The molecule has 0 saturated carbocycles. The van der Waals surface area contributed by atoms with E-state index >= 15 is 0 Å². The van der Waals surface area contributed by atoms with Gasteiger partial charge in [-0.15, -0.1) is 11.3 Å². The lowest BCUT2D eigenvalue weighted by atomic mass is 9.99. The highest BCUT2D eigenvalue weighted by Gasteiger charge is 2.23. The van der Waals surface area contributed by atoms with E-state index in [0.717, 1.165) is 47.0 Å². The summed E-state index contributed by atoms with van der Waals surface area (Å²) in [5.41, 5.74) is 8.21. The zero-order valence-electron chi connectivity index (χ0n) is 11.7. The van der Waals surface area contributed by atoms with Crippen LogP contribution < -0.4 is 15.2 Å². The van der Waals surface area contributed by atoms with Crippen molar-refractivity contribution in [2.45, 2.75) is 25.3 Å². The van der Waals surface area contributed by atoms with Crippen molar-refractivity contribution in [1.82, 2.24) is 4.98 Å². The molecule has 0 amide bonds. The fourth-order valence-electron chi connectivity index (χ4n) is 2.54. The van der Waals surface area contributed by atoms with Crippen LogP contribution in [0.5, 0.6) is 11.5 Å². The van der Waals surface area contributed by atoms with Gasteiger partial charge in [0, 0.05) is 17.0 Å². The molecule has 1 heterocycles. The minimum atomic E-state index is 0.0768. The predicted molar refractivity (Wildman–Crippen MR) is 80.5 cm³/mol. The maximum absolute atomic E-state index is 6.15. The maximum atomic E-state index is 6.15. The van der Waals surface area contributed by atoms with Crippen molar-refractivity contribution in [1.29, 1.82) is 0 Å². The Balaban J connectivity index is 2.05. The Hall–Kier alpha value is -1.59. The van der Waals surface area contributed by atoms with Gasteiger partial charge >= 0.3 is 0 Å². The van der Waals surface area contributed by atoms with E-state index in [1.807, 2.05) is 18.2 Å². The summed E-state index contributed by atoms with van der Waals surface area (Å²) in [5.74, 6) is 1.56. The van der Waals surface area contributed by atoms with Crippen molar-refractivity contribution in [3.8, 4) is 22.1 Å². The molecule has 5 heteroatoms. The average Bonchev–Trinajstić information content (AvgIpc) is 2.92. The second kappa shape index (κ2) is 5.42. The van der Waals surface area contributed by atoms with Crippen LogP contribution in [-0.2, 0) is 6.42 Å². The lowest BCUT2D eigenvalue weighted by Gasteiger charge is -2.15. The minimum absolute atomic E-state index is 0.0768. The van der Waals surface area contributed by atoms with Crippen molar-refractivity contribution in [3.63, 3.8) is 0 Å². The Bertz CT molecular complexity index is 624. The van der Waals surface area contributed by atoms with E-state index in [2.05, 4.69) is 0 Å². The van der Waals surface area contributed by atoms with Gasteiger partial charge in [-0.25, -0.2) is 4.98 Å². The Kier molecular flexibility index (Phi) is 3.63. The first-order valence-electron chi connectivity index (χ1n) is 6.70. The van der Waals surface area contributed by atoms with Gasteiger partial charge < -0.3 is 15.2 Å². The Morgan fingerprint density at radius 2 is 2.15 bits per heavy atom. The van der Waals surface area contributed by atoms with Crippen LogP contribution in [0.15, 0.2) is 18.2 Å². The molecule has 0 spiro atoms. The molecule has 3 rings (SSSR count). The number of benzene rings is 1. The molecule has 0 bridgehead atoms. The summed E-state index contributed by atoms with van der Waals surface area (Å²) in [5, 5.41) is 0.979. The number of aryl methyl sites for hydroxylation is 1. The van der Waals surface area contributed by atoms with Crippen molar-refractivity contribution < 1.29 is 9.47 Å². The fraction of sp³-hybridized carbons (Fsp3) is 0.400. The number of thiazole rings is 1. The van der Waals surface area contributed by atoms with Crippen LogP contribution in [-0.4, -0.2) is 19.2 Å². The number of hydrogen-bond acceptors (Lipinski definition) is 5. The summed E-state index contributed by atoms with van der Waals surface area (Å²) in [6.07, 6.45) is 3.25. The molecule has 0 fully saturated rings. The average molecular weight is 290 g/mol. The molecule has 2 N–H and O–H groups in total. The minimum Gasteiger partial charge on any atom is -0.497 e. The standard InChI is InChI=1S/C15H18N2O2S/c1-18-9-6-7-10(12(8-9)19-2)15-17-14-11(16)4-3-5-13(14)20-15/h6-8,11H,3-5,16H2,1-2H3. The number of fused-ring (bicyclic) bond motifs is 1. The zero-order chi connectivity index (χ0) is 14.1. The molecule has 0 saturated heterocycles. The van der Waals surface area contributed by atoms with Crippen molar-refractivity contribution in [2.24, 2.45) is 5.73 Å². The van der Waals surface area contributed by atoms with Gasteiger partial charge in [-0.3, -0.25) is 0 Å². The summed E-state index contributed by atoms with van der Waals surface area (Å²) in [6, 6.07) is 5.88. The Labute approximate surface area is 122 Å². The molecule has 0 radical (unpaired) electrons. The zero-order valence-corrected chi connectivity index (χ0v) is 12.5. The summed E-state index contributed by atoms with van der Waals surface area (Å²) < 4.78 is 10.7. The highest BCUT2D eigenvalue weighted by molar-refractivity contribution is 7.15. The van der Waals surface area contributed by atoms with Gasteiger partial charge in [-0.1, -0.05) is 0 Å². The SMILES string of the molecule is COc1ccc(-c2nc3c(s2)CCCC3N)c(OC)c1. The number of methoxy groups -OCH3 is 2. The molecule has 106 valence electrons. The monoisotopic (exact) mass is 290 g/mol. The number of aromatic nitrogens is 1. The molecule has 1 aromatic carbocycles. The normalized spacial score (nSPS) is 17.6. The molecule has 20 heavy (non-hydrogen) atoms. The molecular formula is C15H18N2O2S.